The molecule has 1 aromatic rings. The monoisotopic (exact) mass is 348 g/mol. The zero-order valence-corrected chi connectivity index (χ0v) is 12.9. The molecule has 6 heteroatoms. The molecule has 0 aromatic heterocycles. The Morgan fingerprint density at radius 1 is 1.44 bits per heavy atom. The predicted molar refractivity (Wildman–Crippen MR) is 82.1 cm³/mol. The van der Waals surface area contributed by atoms with E-state index in [0.29, 0.717) is 22.1 Å². The van der Waals surface area contributed by atoms with Crippen molar-refractivity contribution in [1.82, 2.24) is 5.32 Å². The van der Waals surface area contributed by atoms with Crippen LogP contribution in [0.4, 0.5) is 0 Å². The standard InChI is InChI=1S/C12H14BrClN2OS/c13-9-5-4-8(7-10(9)14)12(17)16-6-2-1-3-11(15)18/h4-5,7H,1-3,6H2,(H2,15,18)(H,16,17). The highest BCUT2D eigenvalue weighted by Gasteiger charge is 2.06. The Balaban J connectivity index is 2.36. The third kappa shape index (κ3) is 5.33. The van der Waals surface area contributed by atoms with Crippen molar-refractivity contribution in [3.8, 4) is 0 Å². The minimum absolute atomic E-state index is 0.125. The van der Waals surface area contributed by atoms with Crippen molar-refractivity contribution in [1.29, 1.82) is 0 Å². The number of thiocarbonyl (C=S) groups is 1. The first kappa shape index (κ1) is 15.4. The molecule has 1 amide bonds. The van der Waals surface area contributed by atoms with Crippen LogP contribution in [-0.4, -0.2) is 17.4 Å². The number of halogens is 2. The molecular weight excluding hydrogens is 336 g/mol. The smallest absolute Gasteiger partial charge is 0.251 e. The summed E-state index contributed by atoms with van der Waals surface area (Å²) >= 11 is 14.0. The van der Waals surface area contributed by atoms with Crippen LogP contribution >= 0.6 is 39.7 Å². The molecule has 0 atom stereocenters. The Bertz CT molecular complexity index is 454. The lowest BCUT2D eigenvalue weighted by Gasteiger charge is -2.06. The van der Waals surface area contributed by atoms with Gasteiger partial charge in [-0.15, -0.1) is 0 Å². The highest BCUT2D eigenvalue weighted by molar-refractivity contribution is 9.10. The zero-order valence-electron chi connectivity index (χ0n) is 9.71. The van der Waals surface area contributed by atoms with Gasteiger partial charge in [-0.2, -0.15) is 0 Å². The summed E-state index contributed by atoms with van der Waals surface area (Å²) in [7, 11) is 0. The van der Waals surface area contributed by atoms with Gasteiger partial charge in [-0.1, -0.05) is 23.8 Å². The number of carbonyl (C=O) groups excluding carboxylic acids is 1. The van der Waals surface area contributed by atoms with E-state index in [1.165, 1.54) is 0 Å². The Morgan fingerprint density at radius 2 is 2.17 bits per heavy atom. The first-order valence-electron chi connectivity index (χ1n) is 5.52. The van der Waals surface area contributed by atoms with Crippen LogP contribution < -0.4 is 11.1 Å². The number of rotatable bonds is 6. The fourth-order valence-electron chi connectivity index (χ4n) is 1.37. The summed E-state index contributed by atoms with van der Waals surface area (Å²) in [6, 6.07) is 5.11. The largest absolute Gasteiger partial charge is 0.393 e. The number of amides is 1. The van der Waals surface area contributed by atoms with Crippen molar-refractivity contribution >= 4 is 50.6 Å². The maximum atomic E-state index is 11.8. The normalized spacial score (nSPS) is 10.1. The summed E-state index contributed by atoms with van der Waals surface area (Å²) in [5, 5.41) is 3.35. The minimum Gasteiger partial charge on any atom is -0.393 e. The third-order valence-corrected chi connectivity index (χ3v) is 3.75. The number of hydrogen-bond donors (Lipinski definition) is 2. The molecule has 0 aliphatic heterocycles. The van der Waals surface area contributed by atoms with E-state index < -0.39 is 0 Å². The van der Waals surface area contributed by atoms with E-state index in [0.717, 1.165) is 23.7 Å². The number of nitrogens with one attached hydrogen (secondary N) is 1. The average molecular weight is 350 g/mol. The number of hydrogen-bond acceptors (Lipinski definition) is 2. The summed E-state index contributed by atoms with van der Waals surface area (Å²) in [6.45, 7) is 0.606. The fraction of sp³-hybridized carbons (Fsp3) is 0.333. The molecule has 0 radical (unpaired) electrons. The van der Waals surface area contributed by atoms with Crippen LogP contribution in [0.15, 0.2) is 22.7 Å². The van der Waals surface area contributed by atoms with Crippen LogP contribution in [-0.2, 0) is 0 Å². The van der Waals surface area contributed by atoms with Gasteiger partial charge in [0.2, 0.25) is 0 Å². The Labute approximate surface area is 125 Å². The van der Waals surface area contributed by atoms with Gasteiger partial charge in [0.25, 0.3) is 5.91 Å². The molecule has 0 fully saturated rings. The SMILES string of the molecule is NC(=S)CCCCNC(=O)c1ccc(Br)c(Cl)c1. The maximum absolute atomic E-state index is 11.8. The second-order valence-electron chi connectivity index (χ2n) is 3.81. The summed E-state index contributed by atoms with van der Waals surface area (Å²) in [5.41, 5.74) is 5.93. The molecule has 3 nitrogen and oxygen atoms in total. The van der Waals surface area contributed by atoms with Gasteiger partial charge in [-0.25, -0.2) is 0 Å². The fourth-order valence-corrected chi connectivity index (χ4v) is 1.94. The van der Waals surface area contributed by atoms with Crippen LogP contribution in [0.3, 0.4) is 0 Å². The lowest BCUT2D eigenvalue weighted by Crippen LogP contribution is -2.24. The van der Waals surface area contributed by atoms with Crippen LogP contribution in [0.1, 0.15) is 29.6 Å². The third-order valence-electron chi connectivity index (χ3n) is 2.32. The lowest BCUT2D eigenvalue weighted by molar-refractivity contribution is 0.0953. The van der Waals surface area contributed by atoms with E-state index in [1.54, 1.807) is 18.2 Å². The quantitative estimate of drug-likeness (QED) is 0.612. The molecule has 0 saturated heterocycles. The molecule has 0 spiro atoms. The molecule has 18 heavy (non-hydrogen) atoms. The molecule has 0 saturated carbocycles. The molecule has 0 bridgehead atoms. The number of unbranched alkanes of at least 4 members (excludes halogenated alkanes) is 1. The van der Waals surface area contributed by atoms with Gasteiger partial charge >= 0.3 is 0 Å². The average Bonchev–Trinajstić information content (AvgIpc) is 2.31. The van der Waals surface area contributed by atoms with Crippen molar-refractivity contribution in [2.24, 2.45) is 5.73 Å². The molecule has 0 heterocycles. The van der Waals surface area contributed by atoms with Crippen LogP contribution in [0, 0.1) is 0 Å². The summed E-state index contributed by atoms with van der Waals surface area (Å²) in [6.07, 6.45) is 2.46. The highest BCUT2D eigenvalue weighted by atomic mass is 79.9. The van der Waals surface area contributed by atoms with E-state index in [4.69, 9.17) is 29.6 Å². The topological polar surface area (TPSA) is 55.1 Å². The zero-order chi connectivity index (χ0) is 13.5. The van der Waals surface area contributed by atoms with Gasteiger partial charge in [0.05, 0.1) is 10.0 Å². The van der Waals surface area contributed by atoms with Crippen molar-refractivity contribution in [2.45, 2.75) is 19.3 Å². The molecule has 98 valence electrons. The van der Waals surface area contributed by atoms with Crippen molar-refractivity contribution in [2.75, 3.05) is 6.54 Å². The van der Waals surface area contributed by atoms with Gasteiger partial charge in [-0.05, 0) is 53.4 Å². The number of carbonyl (C=O) groups is 1. The molecule has 0 aliphatic carbocycles. The molecule has 1 aromatic carbocycles. The minimum atomic E-state index is -0.125. The molecule has 0 aliphatic rings. The van der Waals surface area contributed by atoms with Gasteiger partial charge in [0, 0.05) is 16.6 Å². The molecule has 1 rings (SSSR count). The molecule has 3 N–H and O–H groups in total. The second-order valence-corrected chi connectivity index (χ2v) is 5.59. The van der Waals surface area contributed by atoms with Crippen LogP contribution in [0.5, 0.6) is 0 Å². The van der Waals surface area contributed by atoms with Gasteiger partial charge in [-0.3, -0.25) is 4.79 Å². The highest BCUT2D eigenvalue weighted by Crippen LogP contribution is 2.23. The van der Waals surface area contributed by atoms with E-state index in [-0.39, 0.29) is 5.91 Å². The Morgan fingerprint density at radius 3 is 2.78 bits per heavy atom. The van der Waals surface area contributed by atoms with Crippen LogP contribution in [0.2, 0.25) is 5.02 Å². The van der Waals surface area contributed by atoms with E-state index in [9.17, 15) is 4.79 Å². The van der Waals surface area contributed by atoms with Crippen molar-refractivity contribution in [3.63, 3.8) is 0 Å². The Hall–Kier alpha value is -0.650. The number of benzene rings is 1. The lowest BCUT2D eigenvalue weighted by atomic mass is 10.2. The van der Waals surface area contributed by atoms with Crippen molar-refractivity contribution in [3.05, 3.63) is 33.3 Å². The summed E-state index contributed by atoms with van der Waals surface area (Å²) in [4.78, 5) is 12.3. The summed E-state index contributed by atoms with van der Waals surface area (Å²) < 4.78 is 0.775. The first-order chi connectivity index (χ1) is 8.50. The Kier molecular flexibility index (Phi) is 6.60. The molecular formula is C12H14BrClN2OS. The van der Waals surface area contributed by atoms with Gasteiger partial charge in [0.15, 0.2) is 0 Å². The predicted octanol–water partition coefficient (Wildman–Crippen LogP) is 3.29. The van der Waals surface area contributed by atoms with Crippen LogP contribution in [0.25, 0.3) is 0 Å². The second kappa shape index (κ2) is 7.71. The summed E-state index contributed by atoms with van der Waals surface area (Å²) in [5.74, 6) is -0.125. The van der Waals surface area contributed by atoms with E-state index in [2.05, 4.69) is 21.2 Å². The van der Waals surface area contributed by atoms with Gasteiger partial charge in [0.1, 0.15) is 0 Å². The van der Waals surface area contributed by atoms with E-state index in [1.807, 2.05) is 0 Å². The molecule has 0 unspecified atom stereocenters. The maximum Gasteiger partial charge on any atom is 0.251 e. The first-order valence-corrected chi connectivity index (χ1v) is 7.10. The number of nitrogens with two attached hydrogens (primary N) is 1. The van der Waals surface area contributed by atoms with Gasteiger partial charge < -0.3 is 11.1 Å². The van der Waals surface area contributed by atoms with Crippen molar-refractivity contribution < 1.29 is 4.79 Å². The van der Waals surface area contributed by atoms with E-state index >= 15 is 0 Å².